The zero-order valence-electron chi connectivity index (χ0n) is 16.7. The highest BCUT2D eigenvalue weighted by Crippen LogP contribution is 2.17. The molecule has 2 heteroatoms. The van der Waals surface area contributed by atoms with Gasteiger partial charge >= 0.3 is 0 Å². The second kappa shape index (κ2) is 13.6. The Morgan fingerprint density at radius 3 is 1.77 bits per heavy atom. The highest BCUT2D eigenvalue weighted by molar-refractivity contribution is 5.42. The maximum absolute atomic E-state index is 3.62. The lowest BCUT2D eigenvalue weighted by molar-refractivity contribution is 0.440. The third-order valence-corrected chi connectivity index (χ3v) is 5.24. The summed E-state index contributed by atoms with van der Waals surface area (Å²) in [6.07, 6.45) is 16.6. The van der Waals surface area contributed by atoms with Crippen molar-refractivity contribution in [2.75, 3.05) is 5.43 Å². The van der Waals surface area contributed by atoms with Crippen LogP contribution in [0.1, 0.15) is 82.6 Å². The lowest BCUT2D eigenvalue weighted by atomic mass is 10.0. The summed E-state index contributed by atoms with van der Waals surface area (Å²) in [5, 5.41) is 0. The minimum absolute atomic E-state index is 0.570. The molecule has 0 bridgehead atoms. The Balaban J connectivity index is 1.92. The van der Waals surface area contributed by atoms with E-state index in [0.29, 0.717) is 6.04 Å². The fourth-order valence-corrected chi connectivity index (χ4v) is 3.65. The largest absolute Gasteiger partial charge is 0.321 e. The molecule has 0 radical (unpaired) electrons. The second-order valence-electron chi connectivity index (χ2n) is 7.72. The lowest BCUT2D eigenvalue weighted by Gasteiger charge is -2.20. The summed E-state index contributed by atoms with van der Waals surface area (Å²) < 4.78 is 0. The molecule has 0 aliphatic heterocycles. The summed E-state index contributed by atoms with van der Waals surface area (Å²) in [4.78, 5) is 0. The number of anilines is 1. The first-order valence-corrected chi connectivity index (χ1v) is 10.8. The first kappa shape index (κ1) is 20.8. The minimum atomic E-state index is 0.570. The van der Waals surface area contributed by atoms with Crippen LogP contribution in [0.2, 0.25) is 0 Å². The first-order chi connectivity index (χ1) is 12.8. The van der Waals surface area contributed by atoms with E-state index in [9.17, 15) is 0 Å². The lowest BCUT2D eigenvalue weighted by Crippen LogP contribution is -2.34. The van der Waals surface area contributed by atoms with E-state index in [2.05, 4.69) is 66.3 Å². The molecule has 2 rings (SSSR count). The van der Waals surface area contributed by atoms with E-state index in [1.165, 1.54) is 82.6 Å². The van der Waals surface area contributed by atoms with E-state index in [0.717, 1.165) is 5.69 Å². The van der Waals surface area contributed by atoms with Crippen molar-refractivity contribution >= 4 is 5.69 Å². The molecule has 1 aromatic carbocycles. The fourth-order valence-electron chi connectivity index (χ4n) is 3.65. The molecule has 0 spiro atoms. The Morgan fingerprint density at radius 1 is 0.654 bits per heavy atom. The van der Waals surface area contributed by atoms with Gasteiger partial charge in [-0.15, -0.1) is 0 Å². The van der Waals surface area contributed by atoms with Crippen molar-refractivity contribution in [2.24, 2.45) is 0 Å². The van der Waals surface area contributed by atoms with Crippen LogP contribution in [0.15, 0.2) is 48.5 Å². The third-order valence-electron chi connectivity index (χ3n) is 5.24. The highest BCUT2D eigenvalue weighted by atomic mass is 15.4. The molecule has 0 aromatic heterocycles. The van der Waals surface area contributed by atoms with Gasteiger partial charge in [-0.3, -0.25) is 0 Å². The normalized spacial score (nSPS) is 17.9. The summed E-state index contributed by atoms with van der Waals surface area (Å²) in [5.74, 6) is 0. The van der Waals surface area contributed by atoms with Crippen LogP contribution in [0.25, 0.3) is 0 Å². The minimum Gasteiger partial charge on any atom is -0.321 e. The van der Waals surface area contributed by atoms with Gasteiger partial charge in [-0.05, 0) is 37.5 Å². The monoisotopic (exact) mass is 354 g/mol. The SMILES string of the molecule is Cc1cccccccc(NNC2CCCCCCCCCCCC2)c1. The summed E-state index contributed by atoms with van der Waals surface area (Å²) in [6.45, 7) is 2.14. The number of hydrazine groups is 1. The molecule has 0 amide bonds. The van der Waals surface area contributed by atoms with Gasteiger partial charge in [-0.2, -0.15) is 0 Å². The van der Waals surface area contributed by atoms with Crippen LogP contribution in [-0.2, 0) is 0 Å². The van der Waals surface area contributed by atoms with Gasteiger partial charge < -0.3 is 5.43 Å². The highest BCUT2D eigenvalue weighted by Gasteiger charge is 2.08. The van der Waals surface area contributed by atoms with Gasteiger partial charge in [-0.1, -0.05) is 101 Å². The number of nitrogens with one attached hydrogen (secondary N) is 2. The molecule has 2 N–H and O–H groups in total. The molecule has 0 saturated heterocycles. The van der Waals surface area contributed by atoms with Gasteiger partial charge in [0.1, 0.15) is 0 Å². The van der Waals surface area contributed by atoms with Crippen molar-refractivity contribution in [3.8, 4) is 0 Å². The average molecular weight is 355 g/mol. The zero-order chi connectivity index (χ0) is 18.3. The van der Waals surface area contributed by atoms with E-state index in [4.69, 9.17) is 0 Å². The van der Waals surface area contributed by atoms with Gasteiger partial charge in [0.2, 0.25) is 0 Å². The van der Waals surface area contributed by atoms with E-state index in [-0.39, 0.29) is 0 Å². The van der Waals surface area contributed by atoms with Crippen LogP contribution in [0.5, 0.6) is 0 Å². The number of rotatable bonds is 3. The predicted octanol–water partition coefficient (Wildman–Crippen LogP) is 7.10. The van der Waals surface area contributed by atoms with Crippen LogP contribution in [0.4, 0.5) is 5.69 Å². The van der Waals surface area contributed by atoms with Gasteiger partial charge in [0.15, 0.2) is 0 Å². The van der Waals surface area contributed by atoms with Crippen molar-refractivity contribution < 1.29 is 0 Å². The average Bonchev–Trinajstić information content (AvgIpc) is 2.67. The molecule has 144 valence electrons. The molecule has 1 fully saturated rings. The number of aryl methyl sites for hydroxylation is 1. The van der Waals surface area contributed by atoms with Crippen molar-refractivity contribution in [1.82, 2.24) is 5.43 Å². The Labute approximate surface area is 161 Å². The topological polar surface area (TPSA) is 24.1 Å². The van der Waals surface area contributed by atoms with Crippen molar-refractivity contribution in [3.63, 3.8) is 0 Å². The predicted molar refractivity (Wildman–Crippen MR) is 115 cm³/mol. The van der Waals surface area contributed by atoms with Crippen LogP contribution in [0.3, 0.4) is 0 Å². The molecule has 1 saturated carbocycles. The molecule has 1 aliphatic rings. The fraction of sp³-hybridized carbons (Fsp3) is 0.583. The quantitative estimate of drug-likeness (QED) is 0.566. The van der Waals surface area contributed by atoms with E-state index < -0.39 is 0 Å². The van der Waals surface area contributed by atoms with Crippen LogP contribution in [-0.4, -0.2) is 6.04 Å². The Kier molecular flexibility index (Phi) is 10.9. The van der Waals surface area contributed by atoms with E-state index in [1.807, 2.05) is 0 Å². The summed E-state index contributed by atoms with van der Waals surface area (Å²) >= 11 is 0. The molecule has 2 nitrogen and oxygen atoms in total. The van der Waals surface area contributed by atoms with Gasteiger partial charge in [0.25, 0.3) is 0 Å². The molecule has 0 unspecified atom stereocenters. The molecular formula is C24H38N2. The Morgan fingerprint density at radius 2 is 1.15 bits per heavy atom. The number of hydrogen-bond donors (Lipinski definition) is 2. The summed E-state index contributed by atoms with van der Waals surface area (Å²) in [7, 11) is 0. The molecule has 1 aliphatic carbocycles. The molecular weight excluding hydrogens is 316 g/mol. The molecule has 0 atom stereocenters. The maximum atomic E-state index is 3.62. The van der Waals surface area contributed by atoms with Gasteiger partial charge in [0, 0.05) is 11.7 Å². The van der Waals surface area contributed by atoms with Gasteiger partial charge in [0.05, 0.1) is 0 Å². The standard InChI is InChI=1S/C24H38N2/c1-22-17-13-9-8-12-16-20-24(21-22)26-25-23-18-14-10-6-4-2-3-5-7-11-15-19-23/h8-9,12-13,16-17,20-21,23,25-26H,2-7,10-11,14-15,18-19H2,1H3. The molecule has 0 heterocycles. The van der Waals surface area contributed by atoms with E-state index >= 15 is 0 Å². The van der Waals surface area contributed by atoms with Gasteiger partial charge in [-0.25, -0.2) is 5.43 Å². The van der Waals surface area contributed by atoms with Crippen LogP contribution in [0, 0.1) is 6.92 Å². The van der Waals surface area contributed by atoms with E-state index in [1.54, 1.807) is 0 Å². The Bertz CT molecular complexity index is 525. The smallest absolute Gasteiger partial charge is 0.0490 e. The van der Waals surface area contributed by atoms with Crippen molar-refractivity contribution in [3.05, 3.63) is 54.1 Å². The molecule has 1 aromatic rings. The third kappa shape index (κ3) is 9.82. The summed E-state index contributed by atoms with van der Waals surface area (Å²) in [5.41, 5.74) is 9.49. The van der Waals surface area contributed by atoms with Crippen LogP contribution >= 0.6 is 0 Å². The number of hydrogen-bond acceptors (Lipinski definition) is 2. The molecule has 26 heavy (non-hydrogen) atoms. The Hall–Kier alpha value is -1.54. The summed E-state index contributed by atoms with van der Waals surface area (Å²) in [6, 6.07) is 17.4. The maximum Gasteiger partial charge on any atom is 0.0490 e. The zero-order valence-corrected chi connectivity index (χ0v) is 16.7. The first-order valence-electron chi connectivity index (χ1n) is 10.8. The van der Waals surface area contributed by atoms with Crippen molar-refractivity contribution in [2.45, 2.75) is 90.0 Å². The second-order valence-corrected chi connectivity index (χ2v) is 7.72. The van der Waals surface area contributed by atoms with Crippen molar-refractivity contribution in [1.29, 1.82) is 0 Å². The van der Waals surface area contributed by atoms with Crippen LogP contribution < -0.4 is 10.9 Å².